The molecule has 4 aromatic rings. The van der Waals surface area contributed by atoms with E-state index < -0.39 is 6.04 Å². The van der Waals surface area contributed by atoms with Crippen molar-refractivity contribution in [1.82, 2.24) is 14.8 Å². The number of allylic oxidation sites excluding steroid dienone is 1. The van der Waals surface area contributed by atoms with Gasteiger partial charge in [0.25, 0.3) is 5.91 Å². The Kier molecular flexibility index (Phi) is 6.06. The zero-order chi connectivity index (χ0) is 24.4. The number of nitrogens with zero attached hydrogens (tertiary/aromatic N) is 3. The molecule has 5 rings (SSSR count). The minimum atomic E-state index is -0.456. The van der Waals surface area contributed by atoms with E-state index in [1.54, 1.807) is 4.68 Å². The summed E-state index contributed by atoms with van der Waals surface area (Å²) in [6.45, 7) is 6.42. The van der Waals surface area contributed by atoms with Gasteiger partial charge in [0.1, 0.15) is 24.7 Å². The van der Waals surface area contributed by atoms with E-state index >= 15 is 0 Å². The average molecular weight is 466 g/mol. The summed E-state index contributed by atoms with van der Waals surface area (Å²) in [6.07, 6.45) is 1.49. The molecule has 0 saturated carbocycles. The molecule has 0 spiro atoms. The molecule has 0 saturated heterocycles. The molecule has 3 aromatic carbocycles. The number of ether oxygens (including phenoxy) is 1. The van der Waals surface area contributed by atoms with Gasteiger partial charge >= 0.3 is 0 Å². The van der Waals surface area contributed by atoms with Crippen LogP contribution in [0.1, 0.15) is 35.2 Å². The normalized spacial score (nSPS) is 14.8. The van der Waals surface area contributed by atoms with Crippen LogP contribution >= 0.6 is 0 Å². The summed E-state index contributed by atoms with van der Waals surface area (Å²) in [4.78, 5) is 17.8. The highest BCUT2D eigenvalue weighted by atomic mass is 16.5. The van der Waals surface area contributed by atoms with Crippen LogP contribution in [0.15, 0.2) is 90.4 Å². The summed E-state index contributed by atoms with van der Waals surface area (Å²) in [5.74, 6) is 1.11. The standard InChI is InChI=1S/C28H27N5O2/c1-18-7-11-21(12-8-18)16-35-24-6-4-5-22(15-24)26-25(20(3)31-28-29-17-30-33(26)28)27(34)32-23-13-9-19(2)10-14-23/h4-15,17,26H,16H2,1-3H3,(H,32,34)(H,29,30,31). The molecule has 35 heavy (non-hydrogen) atoms. The predicted octanol–water partition coefficient (Wildman–Crippen LogP) is 5.40. The molecular formula is C28H27N5O2. The van der Waals surface area contributed by atoms with Crippen molar-refractivity contribution in [3.8, 4) is 5.75 Å². The Bertz CT molecular complexity index is 1390. The van der Waals surface area contributed by atoms with Crippen LogP contribution in [-0.2, 0) is 11.4 Å². The smallest absolute Gasteiger partial charge is 0.255 e. The Hall–Kier alpha value is -4.39. The minimum absolute atomic E-state index is 0.198. The van der Waals surface area contributed by atoms with Crippen LogP contribution in [0, 0.1) is 13.8 Å². The van der Waals surface area contributed by atoms with Gasteiger partial charge < -0.3 is 15.4 Å². The number of rotatable bonds is 6. The van der Waals surface area contributed by atoms with E-state index in [4.69, 9.17) is 4.74 Å². The van der Waals surface area contributed by atoms with Crippen LogP contribution in [-0.4, -0.2) is 20.7 Å². The molecule has 176 valence electrons. The Balaban J connectivity index is 1.45. The van der Waals surface area contributed by atoms with E-state index in [0.29, 0.717) is 18.1 Å². The third-order valence-corrected chi connectivity index (χ3v) is 6.05. The lowest BCUT2D eigenvalue weighted by Gasteiger charge is -2.29. The van der Waals surface area contributed by atoms with Crippen molar-refractivity contribution in [1.29, 1.82) is 0 Å². The molecule has 0 aliphatic carbocycles. The number of fused-ring (bicyclic) bond motifs is 1. The van der Waals surface area contributed by atoms with Crippen molar-refractivity contribution in [3.05, 3.63) is 113 Å². The van der Waals surface area contributed by atoms with Gasteiger partial charge in [0.05, 0.1) is 5.57 Å². The van der Waals surface area contributed by atoms with Gasteiger partial charge in [0.2, 0.25) is 5.95 Å². The van der Waals surface area contributed by atoms with Crippen LogP contribution < -0.4 is 15.4 Å². The van der Waals surface area contributed by atoms with Crippen molar-refractivity contribution in [2.24, 2.45) is 0 Å². The third-order valence-electron chi connectivity index (χ3n) is 6.05. The zero-order valence-electron chi connectivity index (χ0n) is 19.9. The van der Waals surface area contributed by atoms with Crippen molar-refractivity contribution in [2.75, 3.05) is 10.6 Å². The van der Waals surface area contributed by atoms with Gasteiger partial charge in [-0.1, -0.05) is 59.7 Å². The number of carbonyl (C=O) groups is 1. The number of nitrogens with one attached hydrogen (secondary N) is 2. The summed E-state index contributed by atoms with van der Waals surface area (Å²) in [6, 6.07) is 23.3. The quantitative estimate of drug-likeness (QED) is 0.398. The number of carbonyl (C=O) groups excluding carboxylic acids is 1. The van der Waals surface area contributed by atoms with Crippen molar-refractivity contribution >= 4 is 17.5 Å². The Labute approximate surface area is 204 Å². The largest absolute Gasteiger partial charge is 0.489 e. The maximum atomic E-state index is 13.5. The van der Waals surface area contributed by atoms with Crippen molar-refractivity contribution < 1.29 is 9.53 Å². The number of aromatic nitrogens is 3. The molecule has 2 N–H and O–H groups in total. The molecule has 7 heteroatoms. The fourth-order valence-electron chi connectivity index (χ4n) is 4.15. The molecule has 1 aromatic heterocycles. The first-order chi connectivity index (χ1) is 17.0. The number of amides is 1. The highest BCUT2D eigenvalue weighted by Gasteiger charge is 2.33. The van der Waals surface area contributed by atoms with Gasteiger partial charge in [-0.2, -0.15) is 10.1 Å². The zero-order valence-corrected chi connectivity index (χ0v) is 19.9. The van der Waals surface area contributed by atoms with Crippen molar-refractivity contribution in [2.45, 2.75) is 33.4 Å². The summed E-state index contributed by atoms with van der Waals surface area (Å²) in [7, 11) is 0. The van der Waals surface area contributed by atoms with Crippen LogP contribution in [0.5, 0.6) is 5.75 Å². The molecule has 1 aliphatic rings. The minimum Gasteiger partial charge on any atom is -0.489 e. The lowest BCUT2D eigenvalue weighted by atomic mass is 9.94. The summed E-state index contributed by atoms with van der Waals surface area (Å²) in [5, 5.41) is 10.7. The Morgan fingerprint density at radius 2 is 1.71 bits per heavy atom. The molecule has 2 heterocycles. The first-order valence-electron chi connectivity index (χ1n) is 11.5. The number of benzene rings is 3. The van der Waals surface area contributed by atoms with Crippen LogP contribution in [0.2, 0.25) is 0 Å². The lowest BCUT2D eigenvalue weighted by Crippen LogP contribution is -2.31. The Morgan fingerprint density at radius 3 is 2.46 bits per heavy atom. The average Bonchev–Trinajstić information content (AvgIpc) is 3.32. The number of anilines is 2. The van der Waals surface area contributed by atoms with Crippen LogP contribution in [0.3, 0.4) is 0 Å². The monoisotopic (exact) mass is 465 g/mol. The van der Waals surface area contributed by atoms with E-state index in [9.17, 15) is 4.79 Å². The van der Waals surface area contributed by atoms with E-state index in [-0.39, 0.29) is 5.91 Å². The molecule has 1 aliphatic heterocycles. The maximum absolute atomic E-state index is 13.5. The molecule has 0 radical (unpaired) electrons. The highest BCUT2D eigenvalue weighted by molar-refractivity contribution is 6.06. The second-order valence-electron chi connectivity index (χ2n) is 8.76. The van der Waals surface area contributed by atoms with Gasteiger partial charge in [-0.05, 0) is 56.2 Å². The lowest BCUT2D eigenvalue weighted by molar-refractivity contribution is -0.113. The van der Waals surface area contributed by atoms with Gasteiger partial charge in [-0.15, -0.1) is 0 Å². The van der Waals surface area contributed by atoms with Gasteiger partial charge in [0, 0.05) is 11.4 Å². The van der Waals surface area contributed by atoms with Gasteiger partial charge in [-0.25, -0.2) is 4.68 Å². The Morgan fingerprint density at radius 1 is 1.00 bits per heavy atom. The molecule has 0 fully saturated rings. The van der Waals surface area contributed by atoms with E-state index in [1.165, 1.54) is 11.9 Å². The van der Waals surface area contributed by atoms with E-state index in [2.05, 4.69) is 51.9 Å². The maximum Gasteiger partial charge on any atom is 0.255 e. The van der Waals surface area contributed by atoms with E-state index in [0.717, 1.165) is 33.8 Å². The fourth-order valence-corrected chi connectivity index (χ4v) is 4.15. The predicted molar refractivity (Wildman–Crippen MR) is 136 cm³/mol. The fraction of sp³-hybridized carbons (Fsp3) is 0.179. The van der Waals surface area contributed by atoms with Crippen molar-refractivity contribution in [3.63, 3.8) is 0 Å². The van der Waals surface area contributed by atoms with Gasteiger partial charge in [0.15, 0.2) is 0 Å². The summed E-state index contributed by atoms with van der Waals surface area (Å²) in [5.41, 5.74) is 6.35. The van der Waals surface area contributed by atoms with Crippen LogP contribution in [0.25, 0.3) is 0 Å². The molecule has 1 amide bonds. The molecular weight excluding hydrogens is 438 g/mol. The number of hydrogen-bond donors (Lipinski definition) is 2. The van der Waals surface area contributed by atoms with E-state index in [1.807, 2.05) is 62.4 Å². The molecule has 1 atom stereocenters. The summed E-state index contributed by atoms with van der Waals surface area (Å²) < 4.78 is 7.82. The SMILES string of the molecule is CC1=C(C(=O)Nc2ccc(C)cc2)C(c2cccc(OCc3ccc(C)cc3)c2)n2ncnc2N1. The third kappa shape index (κ3) is 4.80. The molecule has 7 nitrogen and oxygen atoms in total. The summed E-state index contributed by atoms with van der Waals surface area (Å²) >= 11 is 0. The highest BCUT2D eigenvalue weighted by Crippen LogP contribution is 2.36. The molecule has 0 bridgehead atoms. The second-order valence-corrected chi connectivity index (χ2v) is 8.76. The first-order valence-corrected chi connectivity index (χ1v) is 11.5. The number of hydrogen-bond acceptors (Lipinski definition) is 5. The second kappa shape index (κ2) is 9.46. The molecule has 1 unspecified atom stereocenters. The first kappa shape index (κ1) is 22.4. The topological polar surface area (TPSA) is 81.1 Å². The van der Waals surface area contributed by atoms with Gasteiger partial charge in [-0.3, -0.25) is 4.79 Å². The number of aryl methyl sites for hydroxylation is 2. The van der Waals surface area contributed by atoms with Crippen LogP contribution in [0.4, 0.5) is 11.6 Å².